The zero-order valence-corrected chi connectivity index (χ0v) is 19.2. The first-order chi connectivity index (χ1) is 16.6. The Labute approximate surface area is 200 Å². The molecular formula is C31H27F2N. The maximum Gasteiger partial charge on any atom is 0.141 e. The fourth-order valence-electron chi connectivity index (χ4n) is 4.25. The van der Waals surface area contributed by atoms with Crippen LogP contribution in [0.5, 0.6) is 0 Å². The quantitative estimate of drug-likeness (QED) is 0.239. The minimum atomic E-state index is -0.532. The Morgan fingerprint density at radius 1 is 0.706 bits per heavy atom. The third kappa shape index (κ3) is 5.58. The zero-order chi connectivity index (χ0) is 23.9. The van der Waals surface area contributed by atoms with Gasteiger partial charge in [-0.05, 0) is 83.9 Å². The van der Waals surface area contributed by atoms with Gasteiger partial charge in [-0.25, -0.2) is 8.78 Å². The van der Waals surface area contributed by atoms with Gasteiger partial charge in [0.15, 0.2) is 0 Å². The van der Waals surface area contributed by atoms with E-state index in [9.17, 15) is 4.39 Å². The molecule has 0 aromatic heterocycles. The minimum absolute atomic E-state index is 0.0250. The average molecular weight is 452 g/mol. The lowest BCUT2D eigenvalue weighted by Crippen LogP contribution is -1.98. The summed E-state index contributed by atoms with van der Waals surface area (Å²) in [6, 6.07) is 24.8. The molecule has 4 aromatic carbocycles. The predicted octanol–water partition coefficient (Wildman–Crippen LogP) is 7.68. The van der Waals surface area contributed by atoms with Crippen molar-refractivity contribution < 1.29 is 8.78 Å². The minimum Gasteiger partial charge on any atom is -0.206 e. The molecule has 0 aliphatic carbocycles. The summed E-state index contributed by atoms with van der Waals surface area (Å²) in [5.74, 6) is -0.747. The van der Waals surface area contributed by atoms with E-state index in [1.54, 1.807) is 6.07 Å². The highest BCUT2D eigenvalue weighted by Gasteiger charge is 2.10. The largest absolute Gasteiger partial charge is 0.206 e. The molecule has 0 saturated heterocycles. The van der Waals surface area contributed by atoms with Gasteiger partial charge in [0.2, 0.25) is 0 Å². The molecule has 0 aliphatic rings. The highest BCUT2D eigenvalue weighted by atomic mass is 19.1. The van der Waals surface area contributed by atoms with Crippen molar-refractivity contribution in [1.82, 2.24) is 0 Å². The molecule has 0 radical (unpaired) electrons. The van der Waals surface area contributed by atoms with Gasteiger partial charge in [0, 0.05) is 5.39 Å². The average Bonchev–Trinajstić information content (AvgIpc) is 2.86. The highest BCUT2D eigenvalue weighted by Crippen LogP contribution is 2.24. The van der Waals surface area contributed by atoms with Gasteiger partial charge in [-0.2, -0.15) is 5.26 Å². The number of halogens is 2. The van der Waals surface area contributed by atoms with Crippen molar-refractivity contribution >= 4 is 10.8 Å². The molecule has 1 nitrogen and oxygen atoms in total. The molecule has 0 aliphatic heterocycles. The van der Waals surface area contributed by atoms with Gasteiger partial charge in [-0.3, -0.25) is 0 Å². The normalized spacial score (nSPS) is 10.9. The van der Waals surface area contributed by atoms with E-state index in [0.717, 1.165) is 36.6 Å². The maximum absolute atomic E-state index is 15.2. The summed E-state index contributed by atoms with van der Waals surface area (Å²) in [7, 11) is 0. The van der Waals surface area contributed by atoms with E-state index >= 15 is 4.39 Å². The van der Waals surface area contributed by atoms with Crippen LogP contribution < -0.4 is 0 Å². The Balaban J connectivity index is 1.41. The monoisotopic (exact) mass is 451 g/mol. The molecular weight excluding hydrogens is 424 g/mol. The van der Waals surface area contributed by atoms with Gasteiger partial charge < -0.3 is 0 Å². The standard InChI is InChI=1S/C31H27F2N/c1-2-3-4-22-5-7-23(8-6-22)9-10-24-13-18-29-27(19-24)17-16-26(31(29)33)14-11-25-12-15-28(21-34)30(32)20-25/h2,5-8,12-13,15-20H,1,3-4,9-11,14H2. The fourth-order valence-corrected chi connectivity index (χ4v) is 4.25. The SMILES string of the molecule is C=CCCc1ccc(CCc2ccc3c(F)c(CCc4ccc(C#N)c(F)c4)ccc3c2)cc1. The van der Waals surface area contributed by atoms with Crippen LogP contribution in [0.2, 0.25) is 0 Å². The van der Waals surface area contributed by atoms with Crippen molar-refractivity contribution in [1.29, 1.82) is 5.26 Å². The van der Waals surface area contributed by atoms with Crippen LogP contribution >= 0.6 is 0 Å². The number of rotatable bonds is 9. The Morgan fingerprint density at radius 2 is 1.32 bits per heavy atom. The van der Waals surface area contributed by atoms with Crippen molar-refractivity contribution in [2.24, 2.45) is 0 Å². The molecule has 170 valence electrons. The summed E-state index contributed by atoms with van der Waals surface area (Å²) >= 11 is 0. The van der Waals surface area contributed by atoms with Crippen LogP contribution in [0, 0.1) is 23.0 Å². The molecule has 0 fully saturated rings. The number of benzene rings is 4. The molecule has 0 unspecified atom stereocenters. The Morgan fingerprint density at radius 3 is 2.03 bits per heavy atom. The van der Waals surface area contributed by atoms with Crippen LogP contribution in [0.15, 0.2) is 85.5 Å². The maximum atomic E-state index is 15.2. The molecule has 0 heterocycles. The van der Waals surface area contributed by atoms with Gasteiger partial charge in [0.1, 0.15) is 17.7 Å². The van der Waals surface area contributed by atoms with Crippen LogP contribution in [0.3, 0.4) is 0 Å². The van der Waals surface area contributed by atoms with Crippen LogP contribution in [-0.2, 0) is 32.1 Å². The highest BCUT2D eigenvalue weighted by molar-refractivity contribution is 5.84. The van der Waals surface area contributed by atoms with E-state index < -0.39 is 5.82 Å². The second kappa shape index (κ2) is 10.9. The van der Waals surface area contributed by atoms with Gasteiger partial charge in [0.25, 0.3) is 0 Å². The smallest absolute Gasteiger partial charge is 0.141 e. The van der Waals surface area contributed by atoms with E-state index in [0.29, 0.717) is 23.8 Å². The molecule has 4 aromatic rings. The summed E-state index contributed by atoms with van der Waals surface area (Å²) < 4.78 is 29.0. The lowest BCUT2D eigenvalue weighted by Gasteiger charge is -2.10. The number of hydrogen-bond donors (Lipinski definition) is 0. The summed E-state index contributed by atoms with van der Waals surface area (Å²) in [4.78, 5) is 0. The molecule has 0 bridgehead atoms. The van der Waals surface area contributed by atoms with Gasteiger partial charge in [-0.1, -0.05) is 66.7 Å². The van der Waals surface area contributed by atoms with Crippen molar-refractivity contribution in [2.45, 2.75) is 38.5 Å². The van der Waals surface area contributed by atoms with E-state index in [4.69, 9.17) is 5.26 Å². The number of hydrogen-bond acceptors (Lipinski definition) is 1. The van der Waals surface area contributed by atoms with Crippen LogP contribution in [-0.4, -0.2) is 0 Å². The van der Waals surface area contributed by atoms with E-state index in [2.05, 4.69) is 36.9 Å². The molecule has 34 heavy (non-hydrogen) atoms. The molecule has 0 N–H and O–H groups in total. The molecule has 0 spiro atoms. The first-order valence-electron chi connectivity index (χ1n) is 11.6. The first kappa shape index (κ1) is 23.4. The lowest BCUT2D eigenvalue weighted by molar-refractivity contribution is 0.616. The topological polar surface area (TPSA) is 23.8 Å². The van der Waals surface area contributed by atoms with Gasteiger partial charge >= 0.3 is 0 Å². The summed E-state index contributed by atoms with van der Waals surface area (Å²) in [5.41, 5.74) is 5.19. The zero-order valence-electron chi connectivity index (χ0n) is 19.2. The van der Waals surface area contributed by atoms with E-state index in [1.807, 2.05) is 36.4 Å². The number of aryl methyl sites for hydroxylation is 5. The number of allylic oxidation sites excluding steroid dienone is 1. The first-order valence-corrected chi connectivity index (χ1v) is 11.6. The van der Waals surface area contributed by atoms with Gasteiger partial charge in [-0.15, -0.1) is 6.58 Å². The Kier molecular flexibility index (Phi) is 7.50. The lowest BCUT2D eigenvalue weighted by atomic mass is 9.97. The predicted molar refractivity (Wildman–Crippen MR) is 135 cm³/mol. The molecule has 3 heteroatoms. The summed E-state index contributed by atoms with van der Waals surface area (Å²) in [6.07, 6.45) is 6.77. The third-order valence-corrected chi connectivity index (χ3v) is 6.30. The van der Waals surface area contributed by atoms with Crippen LogP contribution in [0.25, 0.3) is 10.8 Å². The van der Waals surface area contributed by atoms with Gasteiger partial charge in [0.05, 0.1) is 5.56 Å². The molecule has 4 rings (SSSR count). The van der Waals surface area contributed by atoms with Crippen molar-refractivity contribution in [3.63, 3.8) is 0 Å². The molecule has 0 atom stereocenters. The summed E-state index contributed by atoms with van der Waals surface area (Å²) in [5, 5.41) is 10.4. The van der Waals surface area contributed by atoms with Crippen molar-refractivity contribution in [3.8, 4) is 6.07 Å². The fraction of sp³-hybridized carbons (Fsp3) is 0.194. The number of nitriles is 1. The molecule has 0 saturated carbocycles. The molecule has 0 amide bonds. The van der Waals surface area contributed by atoms with E-state index in [-0.39, 0.29) is 11.4 Å². The van der Waals surface area contributed by atoms with Crippen LogP contribution in [0.1, 0.15) is 39.8 Å². The second-order valence-corrected chi connectivity index (χ2v) is 8.66. The Hall–Kier alpha value is -3.77. The second-order valence-electron chi connectivity index (χ2n) is 8.66. The third-order valence-electron chi connectivity index (χ3n) is 6.30. The van der Waals surface area contributed by atoms with Crippen molar-refractivity contribution in [2.75, 3.05) is 0 Å². The van der Waals surface area contributed by atoms with Crippen molar-refractivity contribution in [3.05, 3.63) is 130 Å². The van der Waals surface area contributed by atoms with Crippen LogP contribution in [0.4, 0.5) is 8.78 Å². The summed E-state index contributed by atoms with van der Waals surface area (Å²) in [6.45, 7) is 3.77. The number of nitrogens with zero attached hydrogens (tertiary/aromatic N) is 1. The number of fused-ring (bicyclic) bond motifs is 1. The Bertz CT molecular complexity index is 1350. The van der Waals surface area contributed by atoms with E-state index in [1.165, 1.54) is 28.8 Å².